The van der Waals surface area contributed by atoms with E-state index in [1.807, 2.05) is 24.3 Å². The molecule has 0 aliphatic rings. The molecule has 0 atom stereocenters. The van der Waals surface area contributed by atoms with Gasteiger partial charge in [-0.25, -0.2) is 4.39 Å². The standard InChI is InChI=1S/C18H13BrFNO2/c1-23-17-15(10-11-4-2-3-5-14(11)16(17)19)18(22)21-13-8-6-12(20)7-9-13/h2-10H,1H3,(H,21,22). The number of ether oxygens (including phenoxy) is 1. The molecule has 0 saturated carbocycles. The van der Waals surface area contributed by atoms with Crippen LogP contribution in [0.4, 0.5) is 10.1 Å². The van der Waals surface area contributed by atoms with Crippen LogP contribution in [0.1, 0.15) is 10.4 Å². The van der Waals surface area contributed by atoms with Crippen molar-refractivity contribution in [2.75, 3.05) is 12.4 Å². The highest BCUT2D eigenvalue weighted by molar-refractivity contribution is 9.10. The Morgan fingerprint density at radius 1 is 1.13 bits per heavy atom. The summed E-state index contributed by atoms with van der Waals surface area (Å²) in [4.78, 5) is 12.6. The number of anilines is 1. The van der Waals surface area contributed by atoms with Gasteiger partial charge < -0.3 is 10.1 Å². The number of fused-ring (bicyclic) bond motifs is 1. The zero-order chi connectivity index (χ0) is 16.4. The van der Waals surface area contributed by atoms with E-state index in [2.05, 4.69) is 21.2 Å². The van der Waals surface area contributed by atoms with Crippen molar-refractivity contribution < 1.29 is 13.9 Å². The number of benzene rings is 3. The first-order valence-electron chi connectivity index (χ1n) is 6.92. The fraction of sp³-hybridized carbons (Fsp3) is 0.0556. The first-order chi connectivity index (χ1) is 11.1. The number of halogens is 2. The van der Waals surface area contributed by atoms with Gasteiger partial charge in [-0.05, 0) is 57.0 Å². The molecule has 0 aromatic heterocycles. The van der Waals surface area contributed by atoms with Crippen LogP contribution in [0, 0.1) is 5.82 Å². The minimum atomic E-state index is -0.353. The van der Waals surface area contributed by atoms with Crippen LogP contribution >= 0.6 is 15.9 Å². The second kappa shape index (κ2) is 6.38. The number of hydrogen-bond acceptors (Lipinski definition) is 2. The molecule has 0 aliphatic heterocycles. The predicted octanol–water partition coefficient (Wildman–Crippen LogP) is 5.00. The first-order valence-corrected chi connectivity index (χ1v) is 7.71. The topological polar surface area (TPSA) is 38.3 Å². The monoisotopic (exact) mass is 373 g/mol. The average Bonchev–Trinajstić information content (AvgIpc) is 2.57. The maximum absolute atomic E-state index is 13.0. The second-order valence-electron chi connectivity index (χ2n) is 4.95. The van der Waals surface area contributed by atoms with Crippen LogP contribution in [0.15, 0.2) is 59.1 Å². The lowest BCUT2D eigenvalue weighted by Crippen LogP contribution is -2.13. The van der Waals surface area contributed by atoms with Gasteiger partial charge in [-0.2, -0.15) is 0 Å². The predicted molar refractivity (Wildman–Crippen MR) is 92.6 cm³/mol. The molecule has 5 heteroatoms. The van der Waals surface area contributed by atoms with E-state index in [4.69, 9.17) is 4.74 Å². The van der Waals surface area contributed by atoms with E-state index in [-0.39, 0.29) is 11.7 Å². The van der Waals surface area contributed by atoms with Gasteiger partial charge in [0.2, 0.25) is 0 Å². The van der Waals surface area contributed by atoms with Gasteiger partial charge in [0.1, 0.15) is 11.6 Å². The second-order valence-corrected chi connectivity index (χ2v) is 5.75. The Bertz CT molecular complexity index is 878. The highest BCUT2D eigenvalue weighted by Crippen LogP contribution is 2.36. The van der Waals surface area contributed by atoms with E-state index in [0.717, 1.165) is 15.2 Å². The van der Waals surface area contributed by atoms with E-state index < -0.39 is 0 Å². The molecule has 1 N–H and O–H groups in total. The van der Waals surface area contributed by atoms with Gasteiger partial charge in [0.05, 0.1) is 17.1 Å². The number of methoxy groups -OCH3 is 1. The molecule has 3 aromatic rings. The van der Waals surface area contributed by atoms with Crippen LogP contribution in [0.25, 0.3) is 10.8 Å². The van der Waals surface area contributed by atoms with Crippen molar-refractivity contribution >= 4 is 38.3 Å². The summed E-state index contributed by atoms with van der Waals surface area (Å²) in [5.74, 6) is -0.211. The molecule has 3 rings (SSSR count). The summed E-state index contributed by atoms with van der Waals surface area (Å²) in [5.41, 5.74) is 0.921. The fourth-order valence-electron chi connectivity index (χ4n) is 2.38. The Morgan fingerprint density at radius 3 is 2.52 bits per heavy atom. The van der Waals surface area contributed by atoms with Gasteiger partial charge in [0, 0.05) is 5.69 Å². The smallest absolute Gasteiger partial charge is 0.259 e. The van der Waals surface area contributed by atoms with Crippen LogP contribution in [0.2, 0.25) is 0 Å². The zero-order valence-electron chi connectivity index (χ0n) is 12.3. The van der Waals surface area contributed by atoms with Crippen LogP contribution in [-0.4, -0.2) is 13.0 Å². The Hall–Kier alpha value is -2.40. The van der Waals surface area contributed by atoms with Crippen LogP contribution in [0.5, 0.6) is 5.75 Å². The molecule has 0 bridgehead atoms. The SMILES string of the molecule is COc1c(C(=O)Nc2ccc(F)cc2)cc2ccccc2c1Br. The van der Waals surface area contributed by atoms with E-state index in [0.29, 0.717) is 17.0 Å². The third kappa shape index (κ3) is 3.05. The molecule has 116 valence electrons. The maximum Gasteiger partial charge on any atom is 0.259 e. The quantitative estimate of drug-likeness (QED) is 0.701. The van der Waals surface area contributed by atoms with Crippen LogP contribution < -0.4 is 10.1 Å². The number of rotatable bonds is 3. The highest BCUT2D eigenvalue weighted by Gasteiger charge is 2.18. The molecule has 0 radical (unpaired) electrons. The molecule has 1 amide bonds. The number of amides is 1. The van der Waals surface area contributed by atoms with E-state index in [1.165, 1.54) is 31.4 Å². The third-order valence-corrected chi connectivity index (χ3v) is 4.28. The lowest BCUT2D eigenvalue weighted by molar-refractivity contribution is 0.102. The normalized spacial score (nSPS) is 10.6. The van der Waals surface area contributed by atoms with Crippen LogP contribution in [0.3, 0.4) is 0 Å². The minimum absolute atomic E-state index is 0.320. The lowest BCUT2D eigenvalue weighted by atomic mass is 10.1. The van der Waals surface area contributed by atoms with Crippen molar-refractivity contribution in [3.05, 3.63) is 70.5 Å². The fourth-order valence-corrected chi connectivity index (χ4v) is 3.12. The van der Waals surface area contributed by atoms with Crippen molar-refractivity contribution in [1.29, 1.82) is 0 Å². The summed E-state index contributed by atoms with van der Waals surface area (Å²) in [6.07, 6.45) is 0. The van der Waals surface area contributed by atoms with Crippen molar-refractivity contribution in [3.63, 3.8) is 0 Å². The molecular weight excluding hydrogens is 361 g/mol. The summed E-state index contributed by atoms with van der Waals surface area (Å²) in [5, 5.41) is 4.63. The maximum atomic E-state index is 13.0. The summed E-state index contributed by atoms with van der Waals surface area (Å²) < 4.78 is 19.1. The van der Waals surface area contributed by atoms with Gasteiger partial charge in [-0.3, -0.25) is 4.79 Å². The summed E-state index contributed by atoms with van der Waals surface area (Å²) in [6, 6.07) is 15.1. The van der Waals surface area contributed by atoms with E-state index >= 15 is 0 Å². The Balaban J connectivity index is 2.04. The van der Waals surface area contributed by atoms with Gasteiger partial charge in [-0.1, -0.05) is 24.3 Å². The Morgan fingerprint density at radius 2 is 1.83 bits per heavy atom. The number of carbonyl (C=O) groups is 1. The molecule has 3 aromatic carbocycles. The third-order valence-electron chi connectivity index (χ3n) is 3.49. The number of carbonyl (C=O) groups excluding carboxylic acids is 1. The van der Waals surface area contributed by atoms with Crippen LogP contribution in [-0.2, 0) is 0 Å². The summed E-state index contributed by atoms with van der Waals surface area (Å²) in [7, 11) is 1.52. The van der Waals surface area contributed by atoms with Crippen molar-refractivity contribution in [2.45, 2.75) is 0 Å². The van der Waals surface area contributed by atoms with Crippen molar-refractivity contribution in [2.24, 2.45) is 0 Å². The van der Waals surface area contributed by atoms with Gasteiger partial charge in [0.25, 0.3) is 5.91 Å². The van der Waals surface area contributed by atoms with Gasteiger partial charge in [-0.15, -0.1) is 0 Å². The van der Waals surface area contributed by atoms with Crippen molar-refractivity contribution in [1.82, 2.24) is 0 Å². The molecule has 0 heterocycles. The minimum Gasteiger partial charge on any atom is -0.495 e. The Labute approximate surface area is 141 Å². The zero-order valence-corrected chi connectivity index (χ0v) is 13.9. The van der Waals surface area contributed by atoms with Gasteiger partial charge >= 0.3 is 0 Å². The lowest BCUT2D eigenvalue weighted by Gasteiger charge is -2.13. The number of hydrogen-bond donors (Lipinski definition) is 1. The largest absolute Gasteiger partial charge is 0.495 e. The Kier molecular flexibility index (Phi) is 4.30. The number of nitrogens with one attached hydrogen (secondary N) is 1. The highest BCUT2D eigenvalue weighted by atomic mass is 79.9. The molecule has 23 heavy (non-hydrogen) atoms. The summed E-state index contributed by atoms with van der Waals surface area (Å²) in [6.45, 7) is 0. The molecule has 0 unspecified atom stereocenters. The first kappa shape index (κ1) is 15.5. The van der Waals surface area contributed by atoms with Crippen molar-refractivity contribution in [3.8, 4) is 5.75 Å². The molecule has 0 aliphatic carbocycles. The van der Waals surface area contributed by atoms with E-state index in [9.17, 15) is 9.18 Å². The molecule has 0 spiro atoms. The summed E-state index contributed by atoms with van der Waals surface area (Å²) >= 11 is 3.50. The van der Waals surface area contributed by atoms with Gasteiger partial charge in [0.15, 0.2) is 0 Å². The average molecular weight is 374 g/mol. The molecular formula is C18H13BrFNO2. The van der Waals surface area contributed by atoms with E-state index in [1.54, 1.807) is 6.07 Å². The molecule has 3 nitrogen and oxygen atoms in total. The molecule has 0 fully saturated rings. The molecule has 0 saturated heterocycles.